The molecular weight excluding hydrogens is 213 g/mol. The lowest BCUT2D eigenvalue weighted by Gasteiger charge is -2.16. The zero-order valence-electron chi connectivity index (χ0n) is 10.6. The van der Waals surface area contributed by atoms with Gasteiger partial charge in [-0.2, -0.15) is 0 Å². The monoisotopic (exact) mass is 235 g/mol. The Labute approximate surface area is 103 Å². The molecule has 2 rings (SSSR count). The summed E-state index contributed by atoms with van der Waals surface area (Å²) in [5.74, 6) is 0.651. The molecule has 0 saturated heterocycles. The maximum atomic E-state index is 13.4. The Morgan fingerprint density at radius 1 is 1.18 bits per heavy atom. The second-order valence-electron chi connectivity index (χ2n) is 5.20. The van der Waals surface area contributed by atoms with Crippen molar-refractivity contribution in [2.45, 2.75) is 45.4 Å². The molecule has 0 unspecified atom stereocenters. The summed E-state index contributed by atoms with van der Waals surface area (Å²) >= 11 is 0. The first kappa shape index (κ1) is 12.4. The molecule has 0 radical (unpaired) electrons. The van der Waals surface area contributed by atoms with Gasteiger partial charge < -0.3 is 5.32 Å². The van der Waals surface area contributed by atoms with Crippen LogP contribution in [-0.4, -0.2) is 6.54 Å². The van der Waals surface area contributed by atoms with Crippen LogP contribution < -0.4 is 5.32 Å². The van der Waals surface area contributed by atoms with Gasteiger partial charge in [0.05, 0.1) is 0 Å². The second-order valence-corrected chi connectivity index (χ2v) is 5.20. The van der Waals surface area contributed by atoms with Crippen molar-refractivity contribution in [2.24, 2.45) is 5.92 Å². The first-order valence-corrected chi connectivity index (χ1v) is 6.76. The van der Waals surface area contributed by atoms with E-state index in [-0.39, 0.29) is 5.82 Å². The fourth-order valence-corrected chi connectivity index (χ4v) is 2.53. The van der Waals surface area contributed by atoms with Gasteiger partial charge in [0.25, 0.3) is 0 Å². The Hall–Kier alpha value is -1.05. The van der Waals surface area contributed by atoms with Crippen LogP contribution in [0.5, 0.6) is 0 Å². The molecule has 2 heteroatoms. The van der Waals surface area contributed by atoms with Gasteiger partial charge in [-0.25, -0.2) is 4.39 Å². The smallest absolute Gasteiger partial charge is 0.128 e. The standard InChI is InChI=1S/C15H22FN/c1-12-8-9-14(10-15(12)16)17-11-13-6-4-2-3-5-7-13/h8-10,13,17H,2-7,11H2,1H3. The van der Waals surface area contributed by atoms with Crippen LogP contribution in [0.4, 0.5) is 10.1 Å². The van der Waals surface area contributed by atoms with Crippen LogP contribution in [0.3, 0.4) is 0 Å². The summed E-state index contributed by atoms with van der Waals surface area (Å²) in [7, 11) is 0. The fraction of sp³-hybridized carbons (Fsp3) is 0.600. The van der Waals surface area contributed by atoms with Crippen LogP contribution in [0.2, 0.25) is 0 Å². The molecule has 0 bridgehead atoms. The van der Waals surface area contributed by atoms with Crippen LogP contribution >= 0.6 is 0 Å². The van der Waals surface area contributed by atoms with Crippen molar-refractivity contribution in [1.82, 2.24) is 0 Å². The first-order valence-electron chi connectivity index (χ1n) is 6.76. The fourth-order valence-electron chi connectivity index (χ4n) is 2.53. The highest BCUT2D eigenvalue weighted by Gasteiger charge is 2.11. The van der Waals surface area contributed by atoms with Crippen LogP contribution in [0.1, 0.15) is 44.1 Å². The maximum Gasteiger partial charge on any atom is 0.128 e. The molecule has 1 aromatic rings. The molecule has 1 fully saturated rings. The number of hydrogen-bond acceptors (Lipinski definition) is 1. The molecule has 1 nitrogen and oxygen atoms in total. The minimum absolute atomic E-state index is 0.115. The highest BCUT2D eigenvalue weighted by molar-refractivity contribution is 5.45. The second kappa shape index (κ2) is 6.04. The maximum absolute atomic E-state index is 13.4. The quantitative estimate of drug-likeness (QED) is 0.760. The van der Waals surface area contributed by atoms with E-state index < -0.39 is 0 Å². The molecule has 0 heterocycles. The van der Waals surface area contributed by atoms with Crippen molar-refractivity contribution in [2.75, 3.05) is 11.9 Å². The zero-order valence-corrected chi connectivity index (χ0v) is 10.6. The summed E-state index contributed by atoms with van der Waals surface area (Å²) in [6.45, 7) is 2.78. The molecule has 1 saturated carbocycles. The van der Waals surface area contributed by atoms with Crippen molar-refractivity contribution < 1.29 is 4.39 Å². The Balaban J connectivity index is 1.85. The normalized spacial score (nSPS) is 17.8. The van der Waals surface area contributed by atoms with E-state index in [0.29, 0.717) is 5.56 Å². The van der Waals surface area contributed by atoms with Crippen molar-refractivity contribution in [3.63, 3.8) is 0 Å². The summed E-state index contributed by atoms with van der Waals surface area (Å²) in [5.41, 5.74) is 1.63. The molecule has 0 atom stereocenters. The summed E-state index contributed by atoms with van der Waals surface area (Å²) in [5, 5.41) is 3.37. The molecule has 1 aromatic carbocycles. The summed E-state index contributed by atoms with van der Waals surface area (Å²) in [4.78, 5) is 0. The number of rotatable bonds is 3. The van der Waals surface area contributed by atoms with E-state index in [2.05, 4.69) is 5.32 Å². The summed E-state index contributed by atoms with van der Waals surface area (Å²) in [6.07, 6.45) is 8.12. The van der Waals surface area contributed by atoms with Crippen LogP contribution in [0, 0.1) is 18.7 Å². The third kappa shape index (κ3) is 3.72. The van der Waals surface area contributed by atoms with Gasteiger partial charge in [-0.3, -0.25) is 0 Å². The molecular formula is C15H22FN. The predicted octanol–water partition coefficient (Wildman–Crippen LogP) is 4.52. The number of aryl methyl sites for hydroxylation is 1. The highest BCUT2D eigenvalue weighted by Crippen LogP contribution is 2.23. The molecule has 1 aliphatic carbocycles. The lowest BCUT2D eigenvalue weighted by atomic mass is 10.0. The van der Waals surface area contributed by atoms with Gasteiger partial charge in [0.15, 0.2) is 0 Å². The Morgan fingerprint density at radius 3 is 2.53 bits per heavy atom. The zero-order chi connectivity index (χ0) is 12.1. The average Bonchev–Trinajstić information content (AvgIpc) is 2.59. The van der Waals surface area contributed by atoms with Crippen LogP contribution in [-0.2, 0) is 0 Å². The molecule has 0 aromatic heterocycles. The highest BCUT2D eigenvalue weighted by atomic mass is 19.1. The Kier molecular flexibility index (Phi) is 4.41. The van der Waals surface area contributed by atoms with E-state index in [1.165, 1.54) is 38.5 Å². The molecule has 0 spiro atoms. The van der Waals surface area contributed by atoms with Crippen molar-refractivity contribution in [3.8, 4) is 0 Å². The number of anilines is 1. The van der Waals surface area contributed by atoms with E-state index in [0.717, 1.165) is 18.2 Å². The largest absolute Gasteiger partial charge is 0.385 e. The number of benzene rings is 1. The predicted molar refractivity (Wildman–Crippen MR) is 70.8 cm³/mol. The van der Waals surface area contributed by atoms with E-state index in [4.69, 9.17) is 0 Å². The molecule has 1 N–H and O–H groups in total. The van der Waals surface area contributed by atoms with Crippen LogP contribution in [0.25, 0.3) is 0 Å². The molecule has 1 aliphatic rings. The van der Waals surface area contributed by atoms with Gasteiger partial charge in [-0.1, -0.05) is 31.7 Å². The van der Waals surface area contributed by atoms with E-state index in [1.54, 1.807) is 13.0 Å². The number of halogens is 1. The van der Waals surface area contributed by atoms with Gasteiger partial charge >= 0.3 is 0 Å². The third-order valence-electron chi connectivity index (χ3n) is 3.74. The van der Waals surface area contributed by atoms with Gasteiger partial charge in [-0.05, 0) is 43.4 Å². The van der Waals surface area contributed by atoms with Crippen molar-refractivity contribution in [1.29, 1.82) is 0 Å². The Bertz CT molecular complexity index is 354. The van der Waals surface area contributed by atoms with E-state index >= 15 is 0 Å². The molecule has 0 amide bonds. The SMILES string of the molecule is Cc1ccc(NCC2CCCCCC2)cc1F. The third-order valence-corrected chi connectivity index (χ3v) is 3.74. The van der Waals surface area contributed by atoms with Gasteiger partial charge in [0.2, 0.25) is 0 Å². The van der Waals surface area contributed by atoms with E-state index in [1.807, 2.05) is 12.1 Å². The lowest BCUT2D eigenvalue weighted by molar-refractivity contribution is 0.483. The first-order chi connectivity index (χ1) is 8.25. The van der Waals surface area contributed by atoms with Crippen molar-refractivity contribution >= 4 is 5.69 Å². The van der Waals surface area contributed by atoms with Gasteiger partial charge in [-0.15, -0.1) is 0 Å². The minimum atomic E-state index is -0.115. The topological polar surface area (TPSA) is 12.0 Å². The molecule has 17 heavy (non-hydrogen) atoms. The number of hydrogen-bond donors (Lipinski definition) is 1. The van der Waals surface area contributed by atoms with Gasteiger partial charge in [0.1, 0.15) is 5.82 Å². The molecule has 0 aliphatic heterocycles. The number of nitrogens with one attached hydrogen (secondary N) is 1. The Morgan fingerprint density at radius 2 is 1.88 bits per heavy atom. The molecule has 94 valence electrons. The van der Waals surface area contributed by atoms with Gasteiger partial charge in [0, 0.05) is 12.2 Å². The van der Waals surface area contributed by atoms with Crippen LogP contribution in [0.15, 0.2) is 18.2 Å². The van der Waals surface area contributed by atoms with Crippen molar-refractivity contribution in [3.05, 3.63) is 29.6 Å². The summed E-state index contributed by atoms with van der Waals surface area (Å²) < 4.78 is 13.4. The lowest BCUT2D eigenvalue weighted by Crippen LogP contribution is -2.13. The minimum Gasteiger partial charge on any atom is -0.385 e. The van der Waals surface area contributed by atoms with E-state index in [9.17, 15) is 4.39 Å². The summed E-state index contributed by atoms with van der Waals surface area (Å²) in [6, 6.07) is 5.41. The average molecular weight is 235 g/mol.